The predicted molar refractivity (Wildman–Crippen MR) is 75.1 cm³/mol. The van der Waals surface area contributed by atoms with E-state index in [4.69, 9.17) is 5.73 Å². The third-order valence-electron chi connectivity index (χ3n) is 2.61. The minimum atomic E-state index is -0.139. The van der Waals surface area contributed by atoms with E-state index in [-0.39, 0.29) is 24.4 Å². The summed E-state index contributed by atoms with van der Waals surface area (Å²) >= 11 is 3.37. The number of halogens is 1. The molecule has 0 aliphatic rings. The van der Waals surface area contributed by atoms with Gasteiger partial charge in [-0.3, -0.25) is 4.79 Å². The first-order chi connectivity index (χ1) is 9.04. The summed E-state index contributed by atoms with van der Waals surface area (Å²) in [6.07, 6.45) is 1.43. The van der Waals surface area contributed by atoms with E-state index in [1.54, 1.807) is 0 Å². The Labute approximate surface area is 119 Å². The largest absolute Gasteiger partial charge is 0.367 e. The van der Waals surface area contributed by atoms with Gasteiger partial charge in [0.1, 0.15) is 12.9 Å². The molecule has 7 heteroatoms. The van der Waals surface area contributed by atoms with Crippen molar-refractivity contribution >= 4 is 27.8 Å². The minimum absolute atomic E-state index is 0.0681. The number of aromatic nitrogens is 3. The van der Waals surface area contributed by atoms with Gasteiger partial charge in [0.2, 0.25) is 11.9 Å². The average molecular weight is 324 g/mol. The molecule has 0 aliphatic carbocycles. The van der Waals surface area contributed by atoms with E-state index in [1.807, 2.05) is 31.2 Å². The van der Waals surface area contributed by atoms with Gasteiger partial charge in [-0.15, -0.1) is 5.10 Å². The van der Waals surface area contributed by atoms with Crippen molar-refractivity contribution in [1.82, 2.24) is 20.1 Å². The molecule has 0 fully saturated rings. The molecule has 2 aromatic rings. The van der Waals surface area contributed by atoms with Crippen LogP contribution in [0, 0.1) is 0 Å². The number of benzene rings is 1. The molecule has 6 nitrogen and oxygen atoms in total. The average Bonchev–Trinajstić information content (AvgIpc) is 2.75. The molecule has 1 unspecified atom stereocenters. The highest BCUT2D eigenvalue weighted by atomic mass is 79.9. The van der Waals surface area contributed by atoms with Crippen LogP contribution in [0.25, 0.3) is 0 Å². The van der Waals surface area contributed by atoms with Crippen molar-refractivity contribution in [3.63, 3.8) is 0 Å². The van der Waals surface area contributed by atoms with Crippen molar-refractivity contribution in [3.8, 4) is 0 Å². The van der Waals surface area contributed by atoms with Crippen molar-refractivity contribution in [2.75, 3.05) is 5.73 Å². The van der Waals surface area contributed by atoms with E-state index in [0.29, 0.717) is 0 Å². The number of nitrogens with one attached hydrogen (secondary N) is 1. The molecule has 3 N–H and O–H groups in total. The Balaban J connectivity index is 1.93. The van der Waals surface area contributed by atoms with Gasteiger partial charge in [0, 0.05) is 4.47 Å². The number of nitrogens with two attached hydrogens (primary N) is 1. The number of rotatable bonds is 4. The first-order valence-electron chi connectivity index (χ1n) is 5.74. The van der Waals surface area contributed by atoms with E-state index in [9.17, 15) is 4.79 Å². The number of carbonyl (C=O) groups excluding carboxylic acids is 1. The van der Waals surface area contributed by atoms with Crippen LogP contribution >= 0.6 is 15.9 Å². The van der Waals surface area contributed by atoms with E-state index in [1.165, 1.54) is 11.0 Å². The summed E-state index contributed by atoms with van der Waals surface area (Å²) in [6, 6.07) is 7.73. The normalized spacial score (nSPS) is 12.1. The third-order valence-corrected chi connectivity index (χ3v) is 3.14. The molecular weight excluding hydrogens is 310 g/mol. The number of anilines is 1. The third kappa shape index (κ3) is 3.78. The predicted octanol–water partition coefficient (Wildman–Crippen LogP) is 1.50. The Morgan fingerprint density at radius 3 is 2.74 bits per heavy atom. The van der Waals surface area contributed by atoms with Gasteiger partial charge >= 0.3 is 0 Å². The monoisotopic (exact) mass is 323 g/mol. The zero-order chi connectivity index (χ0) is 13.8. The molecule has 1 aromatic carbocycles. The Hall–Kier alpha value is -1.89. The van der Waals surface area contributed by atoms with Gasteiger partial charge in [-0.25, -0.2) is 9.67 Å². The number of nitrogens with zero attached hydrogens (tertiary/aromatic N) is 3. The van der Waals surface area contributed by atoms with Crippen LogP contribution in [0.5, 0.6) is 0 Å². The number of nitrogen functional groups attached to an aromatic ring is 1. The highest BCUT2D eigenvalue weighted by Crippen LogP contribution is 2.16. The lowest BCUT2D eigenvalue weighted by Gasteiger charge is -2.14. The molecule has 1 heterocycles. The fraction of sp³-hybridized carbons (Fsp3) is 0.250. The van der Waals surface area contributed by atoms with Gasteiger partial charge in [0.15, 0.2) is 0 Å². The van der Waals surface area contributed by atoms with Crippen LogP contribution in [-0.4, -0.2) is 20.7 Å². The van der Waals surface area contributed by atoms with Gasteiger partial charge in [-0.2, -0.15) is 0 Å². The molecule has 100 valence electrons. The molecule has 2 rings (SSSR count). The first-order valence-corrected chi connectivity index (χ1v) is 6.53. The van der Waals surface area contributed by atoms with Crippen molar-refractivity contribution < 1.29 is 4.79 Å². The SMILES string of the molecule is CC(NC(=O)Cn1cnc(N)n1)c1ccc(Br)cc1. The second-order valence-corrected chi connectivity index (χ2v) is 5.06. The molecule has 0 saturated heterocycles. The maximum atomic E-state index is 11.8. The highest BCUT2D eigenvalue weighted by molar-refractivity contribution is 9.10. The highest BCUT2D eigenvalue weighted by Gasteiger charge is 2.10. The van der Waals surface area contributed by atoms with Crippen LogP contribution in [0.1, 0.15) is 18.5 Å². The smallest absolute Gasteiger partial charge is 0.242 e. The van der Waals surface area contributed by atoms with Crippen molar-refractivity contribution in [1.29, 1.82) is 0 Å². The maximum absolute atomic E-state index is 11.8. The molecule has 1 aromatic heterocycles. The fourth-order valence-corrected chi connectivity index (χ4v) is 1.92. The summed E-state index contributed by atoms with van der Waals surface area (Å²) in [6.45, 7) is 2.03. The van der Waals surface area contributed by atoms with Crippen LogP contribution in [-0.2, 0) is 11.3 Å². The summed E-state index contributed by atoms with van der Waals surface area (Å²) in [5, 5.41) is 6.75. The Kier molecular flexibility index (Phi) is 4.16. The van der Waals surface area contributed by atoms with Crippen molar-refractivity contribution in [3.05, 3.63) is 40.6 Å². The van der Waals surface area contributed by atoms with E-state index < -0.39 is 0 Å². The molecule has 0 aliphatic heterocycles. The van der Waals surface area contributed by atoms with Gasteiger partial charge in [0.05, 0.1) is 6.04 Å². The van der Waals surface area contributed by atoms with Gasteiger partial charge in [-0.05, 0) is 24.6 Å². The summed E-state index contributed by atoms with van der Waals surface area (Å²) < 4.78 is 2.41. The summed E-state index contributed by atoms with van der Waals surface area (Å²) in [7, 11) is 0. The van der Waals surface area contributed by atoms with Crippen LogP contribution < -0.4 is 11.1 Å². The zero-order valence-electron chi connectivity index (χ0n) is 10.4. The molecule has 0 bridgehead atoms. The topological polar surface area (TPSA) is 85.8 Å². The molecule has 0 saturated carbocycles. The Morgan fingerprint density at radius 1 is 1.47 bits per heavy atom. The summed E-state index contributed by atoms with van der Waals surface area (Å²) in [5.41, 5.74) is 6.42. The zero-order valence-corrected chi connectivity index (χ0v) is 12.0. The second kappa shape index (κ2) is 5.83. The standard InChI is InChI=1S/C12H14BrN5O/c1-8(9-2-4-10(13)5-3-9)16-11(19)6-18-7-15-12(14)17-18/h2-5,7-8H,6H2,1H3,(H2,14,17)(H,16,19). The fourth-order valence-electron chi connectivity index (χ4n) is 1.65. The van der Waals surface area contributed by atoms with Crippen LogP contribution in [0.3, 0.4) is 0 Å². The van der Waals surface area contributed by atoms with Crippen molar-refractivity contribution in [2.45, 2.75) is 19.5 Å². The number of hydrogen-bond donors (Lipinski definition) is 2. The Morgan fingerprint density at radius 2 is 2.16 bits per heavy atom. The quantitative estimate of drug-likeness (QED) is 0.892. The lowest BCUT2D eigenvalue weighted by atomic mass is 10.1. The van der Waals surface area contributed by atoms with Crippen molar-refractivity contribution in [2.24, 2.45) is 0 Å². The van der Waals surface area contributed by atoms with E-state index >= 15 is 0 Å². The van der Waals surface area contributed by atoms with Crippen LogP contribution in [0.2, 0.25) is 0 Å². The molecule has 0 radical (unpaired) electrons. The van der Waals surface area contributed by atoms with Gasteiger partial charge in [0.25, 0.3) is 0 Å². The number of amides is 1. The maximum Gasteiger partial charge on any atom is 0.242 e. The van der Waals surface area contributed by atoms with E-state index in [0.717, 1.165) is 10.0 Å². The molecule has 1 amide bonds. The van der Waals surface area contributed by atoms with Gasteiger partial charge < -0.3 is 11.1 Å². The second-order valence-electron chi connectivity index (χ2n) is 4.14. The molecule has 1 atom stereocenters. The summed E-state index contributed by atoms with van der Waals surface area (Å²) in [4.78, 5) is 15.6. The number of hydrogen-bond acceptors (Lipinski definition) is 4. The first kappa shape index (κ1) is 13.5. The Bertz CT molecular complexity index is 566. The lowest BCUT2D eigenvalue weighted by Crippen LogP contribution is -2.30. The lowest BCUT2D eigenvalue weighted by molar-refractivity contribution is -0.122. The van der Waals surface area contributed by atoms with Gasteiger partial charge in [-0.1, -0.05) is 28.1 Å². The van der Waals surface area contributed by atoms with E-state index in [2.05, 4.69) is 31.3 Å². The van der Waals surface area contributed by atoms with Crippen LogP contribution in [0.4, 0.5) is 5.95 Å². The minimum Gasteiger partial charge on any atom is -0.367 e. The number of carbonyl (C=O) groups is 1. The molecular formula is C12H14BrN5O. The van der Waals surface area contributed by atoms with Crippen LogP contribution in [0.15, 0.2) is 35.1 Å². The molecule has 0 spiro atoms. The molecule has 19 heavy (non-hydrogen) atoms. The summed E-state index contributed by atoms with van der Waals surface area (Å²) in [5.74, 6) is 0.0223.